The van der Waals surface area contributed by atoms with E-state index in [1.165, 1.54) is 11.1 Å². The molecule has 0 bridgehead atoms. The second kappa shape index (κ2) is 11.8. The molecule has 1 aromatic carbocycles. The standard InChI is InChI=1S/C24H32N6.HI/c1-17(2)22(20-10-8-12-26-14-20)16-28-24(25-5)27-15-21-9-6-7-11-23(21)30-19(4)13-18(3)29-30;/h6-14,17,22H,15-16H2,1-5H3,(H2,25,27,28);1H. The van der Waals surface area contributed by atoms with Crippen LogP contribution in [0, 0.1) is 19.8 Å². The number of pyridine rings is 1. The Balaban J connectivity index is 0.00000341. The van der Waals surface area contributed by atoms with Gasteiger partial charge in [0.25, 0.3) is 0 Å². The summed E-state index contributed by atoms with van der Waals surface area (Å²) in [6, 6.07) is 14.6. The van der Waals surface area contributed by atoms with Crippen LogP contribution in [0.2, 0.25) is 0 Å². The summed E-state index contributed by atoms with van der Waals surface area (Å²) in [6.45, 7) is 10.0. The molecule has 2 N–H and O–H groups in total. The van der Waals surface area contributed by atoms with Crippen molar-refractivity contribution in [1.29, 1.82) is 0 Å². The number of halogens is 1. The Labute approximate surface area is 202 Å². The van der Waals surface area contributed by atoms with E-state index in [2.05, 4.69) is 76.8 Å². The van der Waals surface area contributed by atoms with Gasteiger partial charge in [-0.3, -0.25) is 9.98 Å². The van der Waals surface area contributed by atoms with Gasteiger partial charge in [-0.25, -0.2) is 4.68 Å². The molecule has 0 spiro atoms. The molecule has 2 aromatic heterocycles. The first-order valence-corrected chi connectivity index (χ1v) is 10.5. The fraction of sp³-hybridized carbons (Fsp3) is 0.375. The Morgan fingerprint density at radius 3 is 2.48 bits per heavy atom. The summed E-state index contributed by atoms with van der Waals surface area (Å²) in [5.74, 6) is 1.64. The second-order valence-corrected chi connectivity index (χ2v) is 7.91. The molecule has 7 heteroatoms. The largest absolute Gasteiger partial charge is 0.356 e. The van der Waals surface area contributed by atoms with Crippen LogP contribution in [0.3, 0.4) is 0 Å². The van der Waals surface area contributed by atoms with E-state index in [1.807, 2.05) is 36.1 Å². The maximum absolute atomic E-state index is 4.64. The Hall–Kier alpha value is -2.42. The van der Waals surface area contributed by atoms with Crippen molar-refractivity contribution in [3.8, 4) is 5.69 Å². The SMILES string of the molecule is CN=C(NCc1ccccc1-n1nc(C)cc1C)NCC(c1cccnc1)C(C)C.I. The third kappa shape index (κ3) is 6.53. The molecule has 3 aromatic rings. The fourth-order valence-electron chi connectivity index (χ4n) is 3.68. The predicted octanol–water partition coefficient (Wildman–Crippen LogP) is 4.61. The van der Waals surface area contributed by atoms with Gasteiger partial charge in [0.15, 0.2) is 5.96 Å². The summed E-state index contributed by atoms with van der Waals surface area (Å²) in [4.78, 5) is 8.69. The van der Waals surface area contributed by atoms with E-state index >= 15 is 0 Å². The minimum Gasteiger partial charge on any atom is -0.356 e. The zero-order valence-electron chi connectivity index (χ0n) is 19.0. The third-order valence-electron chi connectivity index (χ3n) is 5.31. The van der Waals surface area contributed by atoms with E-state index in [0.29, 0.717) is 18.4 Å². The molecule has 1 atom stereocenters. The molecule has 0 aliphatic carbocycles. The number of para-hydroxylation sites is 1. The first kappa shape index (κ1) is 24.8. The first-order chi connectivity index (χ1) is 14.5. The maximum Gasteiger partial charge on any atom is 0.191 e. The van der Waals surface area contributed by atoms with Crippen LogP contribution in [0.1, 0.15) is 42.3 Å². The molecular weight excluding hydrogens is 499 g/mol. The number of nitrogens with one attached hydrogen (secondary N) is 2. The van der Waals surface area contributed by atoms with Gasteiger partial charge in [0.1, 0.15) is 0 Å². The number of rotatable bonds is 7. The number of hydrogen-bond acceptors (Lipinski definition) is 3. The van der Waals surface area contributed by atoms with Gasteiger partial charge in [-0.05, 0) is 49.1 Å². The van der Waals surface area contributed by atoms with Gasteiger partial charge < -0.3 is 10.6 Å². The van der Waals surface area contributed by atoms with E-state index < -0.39 is 0 Å². The van der Waals surface area contributed by atoms with Gasteiger partial charge in [0, 0.05) is 44.1 Å². The molecule has 0 saturated heterocycles. The zero-order valence-corrected chi connectivity index (χ0v) is 21.3. The molecule has 0 aliphatic heterocycles. The zero-order chi connectivity index (χ0) is 21.5. The van der Waals surface area contributed by atoms with Crippen molar-refractivity contribution in [2.45, 2.75) is 40.2 Å². The van der Waals surface area contributed by atoms with Crippen LogP contribution >= 0.6 is 24.0 Å². The van der Waals surface area contributed by atoms with Crippen LogP contribution in [-0.4, -0.2) is 34.3 Å². The fourth-order valence-corrected chi connectivity index (χ4v) is 3.68. The molecular formula is C24H33IN6. The van der Waals surface area contributed by atoms with Crippen LogP contribution in [0.15, 0.2) is 59.9 Å². The first-order valence-electron chi connectivity index (χ1n) is 10.5. The van der Waals surface area contributed by atoms with Gasteiger partial charge in [-0.2, -0.15) is 5.10 Å². The molecule has 166 valence electrons. The average molecular weight is 532 g/mol. The number of aryl methyl sites for hydroxylation is 2. The predicted molar refractivity (Wildman–Crippen MR) is 138 cm³/mol. The second-order valence-electron chi connectivity index (χ2n) is 7.91. The summed E-state index contributed by atoms with van der Waals surface area (Å²) in [7, 11) is 1.80. The maximum atomic E-state index is 4.64. The Morgan fingerprint density at radius 1 is 1.10 bits per heavy atom. The summed E-state index contributed by atoms with van der Waals surface area (Å²) < 4.78 is 2.00. The van der Waals surface area contributed by atoms with Crippen molar-refractivity contribution in [3.05, 3.63) is 77.4 Å². The summed E-state index contributed by atoms with van der Waals surface area (Å²) >= 11 is 0. The normalized spacial score (nSPS) is 12.4. The van der Waals surface area contributed by atoms with Crippen LogP contribution in [0.5, 0.6) is 0 Å². The molecule has 1 unspecified atom stereocenters. The molecule has 0 amide bonds. The van der Waals surface area contributed by atoms with Crippen LogP contribution in [-0.2, 0) is 6.54 Å². The van der Waals surface area contributed by atoms with Crippen molar-refractivity contribution < 1.29 is 0 Å². The van der Waals surface area contributed by atoms with Gasteiger partial charge in [0.2, 0.25) is 0 Å². The Morgan fingerprint density at radius 2 is 1.87 bits per heavy atom. The number of aliphatic imine (C=N–C) groups is 1. The molecule has 31 heavy (non-hydrogen) atoms. The van der Waals surface area contributed by atoms with E-state index in [1.54, 1.807) is 7.05 Å². The molecule has 0 saturated carbocycles. The van der Waals surface area contributed by atoms with E-state index in [4.69, 9.17) is 0 Å². The van der Waals surface area contributed by atoms with Gasteiger partial charge in [0.05, 0.1) is 11.4 Å². The summed E-state index contributed by atoms with van der Waals surface area (Å²) in [6.07, 6.45) is 3.77. The minimum atomic E-state index is 0. The third-order valence-corrected chi connectivity index (χ3v) is 5.31. The number of nitrogens with zero attached hydrogens (tertiary/aromatic N) is 4. The molecule has 6 nitrogen and oxygen atoms in total. The lowest BCUT2D eigenvalue weighted by Gasteiger charge is -2.23. The number of guanidine groups is 1. The Kier molecular flexibility index (Phi) is 9.48. The van der Waals surface area contributed by atoms with Crippen molar-refractivity contribution in [2.75, 3.05) is 13.6 Å². The highest BCUT2D eigenvalue weighted by atomic mass is 127. The van der Waals surface area contributed by atoms with Crippen molar-refractivity contribution in [2.24, 2.45) is 10.9 Å². The van der Waals surface area contributed by atoms with Gasteiger partial charge >= 0.3 is 0 Å². The average Bonchev–Trinajstić information content (AvgIpc) is 3.09. The van der Waals surface area contributed by atoms with Crippen LogP contribution in [0.25, 0.3) is 5.69 Å². The quantitative estimate of drug-likeness (QED) is 0.265. The number of benzene rings is 1. The molecule has 0 radical (unpaired) electrons. The van der Waals surface area contributed by atoms with Gasteiger partial charge in [-0.1, -0.05) is 38.1 Å². The lowest BCUT2D eigenvalue weighted by molar-refractivity contribution is 0.487. The highest BCUT2D eigenvalue weighted by molar-refractivity contribution is 14.0. The van der Waals surface area contributed by atoms with Gasteiger partial charge in [-0.15, -0.1) is 24.0 Å². The number of hydrogen-bond donors (Lipinski definition) is 2. The lowest BCUT2D eigenvalue weighted by Crippen LogP contribution is -2.39. The number of aromatic nitrogens is 3. The molecule has 0 aliphatic rings. The van der Waals surface area contributed by atoms with E-state index in [0.717, 1.165) is 29.6 Å². The van der Waals surface area contributed by atoms with E-state index in [9.17, 15) is 0 Å². The lowest BCUT2D eigenvalue weighted by atomic mass is 9.89. The minimum absolute atomic E-state index is 0. The molecule has 3 rings (SSSR count). The van der Waals surface area contributed by atoms with Crippen molar-refractivity contribution >= 4 is 29.9 Å². The summed E-state index contributed by atoms with van der Waals surface area (Å²) in [5, 5.41) is 11.6. The molecule has 0 fully saturated rings. The molecule has 2 heterocycles. The van der Waals surface area contributed by atoms with Crippen LogP contribution < -0.4 is 10.6 Å². The smallest absolute Gasteiger partial charge is 0.191 e. The highest BCUT2D eigenvalue weighted by Crippen LogP contribution is 2.22. The van der Waals surface area contributed by atoms with Crippen molar-refractivity contribution in [1.82, 2.24) is 25.4 Å². The summed E-state index contributed by atoms with van der Waals surface area (Å²) in [5.41, 5.74) is 5.63. The Bertz CT molecular complexity index is 981. The highest BCUT2D eigenvalue weighted by Gasteiger charge is 2.17. The van der Waals surface area contributed by atoms with Crippen LogP contribution in [0.4, 0.5) is 0 Å². The van der Waals surface area contributed by atoms with E-state index in [-0.39, 0.29) is 24.0 Å². The van der Waals surface area contributed by atoms with Crippen molar-refractivity contribution in [3.63, 3.8) is 0 Å². The monoisotopic (exact) mass is 532 g/mol. The topological polar surface area (TPSA) is 67.1 Å².